The molecule has 49 heavy (non-hydrogen) atoms. The van der Waals surface area contributed by atoms with E-state index in [-0.39, 0.29) is 35.0 Å². The third-order valence-corrected chi connectivity index (χ3v) is 14.3. The van der Waals surface area contributed by atoms with Crippen molar-refractivity contribution in [2.24, 2.45) is 22.7 Å². The number of urea groups is 1. The van der Waals surface area contributed by atoms with Gasteiger partial charge in [0.1, 0.15) is 12.1 Å². The summed E-state index contributed by atoms with van der Waals surface area (Å²) in [6.07, 6.45) is 5.88. The highest BCUT2D eigenvalue weighted by atomic mass is 32.2. The van der Waals surface area contributed by atoms with E-state index >= 15 is 0 Å². The molecule has 0 radical (unpaired) electrons. The molecule has 6 atom stereocenters. The van der Waals surface area contributed by atoms with Gasteiger partial charge in [-0.3, -0.25) is 14.4 Å². The predicted molar refractivity (Wildman–Crippen MR) is 189 cm³/mol. The van der Waals surface area contributed by atoms with Crippen molar-refractivity contribution < 1.29 is 32.7 Å². The zero-order valence-electron chi connectivity index (χ0n) is 31.3. The number of aliphatic hydroxyl groups is 1. The van der Waals surface area contributed by atoms with Gasteiger partial charge >= 0.3 is 6.03 Å². The van der Waals surface area contributed by atoms with E-state index in [0.717, 1.165) is 38.5 Å². The molecule has 0 aromatic carbocycles. The van der Waals surface area contributed by atoms with Crippen LogP contribution in [0.25, 0.3) is 0 Å². The molecular formula is C36H63N5O7S. The van der Waals surface area contributed by atoms with Crippen LogP contribution in [-0.2, 0) is 24.2 Å². The molecule has 0 spiro atoms. The number of carbonyl (C=O) groups excluding carboxylic acids is 4. The highest BCUT2D eigenvalue weighted by molar-refractivity contribution is 7.92. The molecular weight excluding hydrogens is 646 g/mol. The van der Waals surface area contributed by atoms with Crippen molar-refractivity contribution in [2.45, 2.75) is 167 Å². The smallest absolute Gasteiger partial charge is 0.315 e. The van der Waals surface area contributed by atoms with Crippen molar-refractivity contribution >= 4 is 33.6 Å². The molecule has 5 amide bonds. The van der Waals surface area contributed by atoms with Crippen molar-refractivity contribution in [3.8, 4) is 0 Å². The standard InChI is InChI=1S/C36H63N5O7S/c1-10-11-15-24(27(42)30(44)37-22-16-17-22)38-29(43)26-25-23(35(25,8)9)20-41(26)31(45)28(33(2,3)4)39-32(46)40-36(18-13-12-14-19-36)21-49(47,48)34(5,6)7/h22-28,42H,10-21H2,1-9H3,(H,37,44)(H,38,43)(H2,39,40,46)/t23-,24-,25-,26-,27?,28+/m0/s1. The summed E-state index contributed by atoms with van der Waals surface area (Å²) in [6.45, 7) is 17.1. The Morgan fingerprint density at radius 1 is 0.959 bits per heavy atom. The van der Waals surface area contributed by atoms with Gasteiger partial charge in [0.15, 0.2) is 15.9 Å². The van der Waals surface area contributed by atoms with E-state index in [4.69, 9.17) is 0 Å². The van der Waals surface area contributed by atoms with Gasteiger partial charge in [0.05, 0.1) is 22.1 Å². The highest BCUT2D eigenvalue weighted by Gasteiger charge is 2.70. The van der Waals surface area contributed by atoms with Crippen LogP contribution in [0.5, 0.6) is 0 Å². The first-order valence-electron chi connectivity index (χ1n) is 18.4. The first-order valence-corrected chi connectivity index (χ1v) is 20.1. The van der Waals surface area contributed by atoms with E-state index < -0.39 is 67.6 Å². The Morgan fingerprint density at radius 2 is 1.57 bits per heavy atom. The van der Waals surface area contributed by atoms with E-state index in [2.05, 4.69) is 35.1 Å². The molecule has 0 bridgehead atoms. The quantitative estimate of drug-likeness (QED) is 0.195. The number of piperidine rings is 1. The van der Waals surface area contributed by atoms with Crippen LogP contribution in [0.2, 0.25) is 0 Å². The zero-order valence-corrected chi connectivity index (χ0v) is 32.1. The van der Waals surface area contributed by atoms with Crippen LogP contribution in [0, 0.1) is 22.7 Å². The summed E-state index contributed by atoms with van der Waals surface area (Å²) in [5.74, 6) is -1.49. The fraction of sp³-hybridized carbons (Fsp3) is 0.889. The number of hydrogen-bond donors (Lipinski definition) is 5. The first kappa shape index (κ1) is 39.4. The molecule has 1 aliphatic heterocycles. The molecule has 0 aromatic heterocycles. The third-order valence-electron chi connectivity index (χ3n) is 11.5. The highest BCUT2D eigenvalue weighted by Crippen LogP contribution is 2.65. The van der Waals surface area contributed by atoms with Gasteiger partial charge in [-0.1, -0.05) is 73.6 Å². The number of rotatable bonds is 13. The van der Waals surface area contributed by atoms with E-state index in [1.54, 1.807) is 25.7 Å². The van der Waals surface area contributed by atoms with Gasteiger partial charge in [-0.05, 0) is 75.5 Å². The molecule has 3 saturated carbocycles. The number of nitrogens with zero attached hydrogens (tertiary/aromatic N) is 1. The van der Waals surface area contributed by atoms with Crippen molar-refractivity contribution in [1.29, 1.82) is 0 Å². The second-order valence-electron chi connectivity index (χ2n) is 18.0. The Morgan fingerprint density at radius 3 is 2.10 bits per heavy atom. The molecule has 1 heterocycles. The molecule has 0 aromatic rings. The van der Waals surface area contributed by atoms with Gasteiger partial charge in [-0.25, -0.2) is 13.2 Å². The lowest BCUT2D eigenvalue weighted by atomic mass is 9.83. The predicted octanol–water partition coefficient (Wildman–Crippen LogP) is 3.41. The largest absolute Gasteiger partial charge is 0.381 e. The summed E-state index contributed by atoms with van der Waals surface area (Å²) in [4.78, 5) is 56.7. The number of sulfone groups is 1. The minimum atomic E-state index is -3.55. The SMILES string of the molecule is CCCC[C@H](NC(=O)[C@@H]1[C@@H]2[C@H](CN1C(=O)[C@@H](NC(=O)NC1(CS(=O)(=O)C(C)(C)C)CCCCC1)C(C)(C)C)C2(C)C)C(O)C(=O)NC1CC1. The second kappa shape index (κ2) is 14.3. The number of aliphatic hydroxyl groups excluding tert-OH is 1. The normalized spacial score (nSPS) is 26.5. The number of nitrogens with one attached hydrogen (secondary N) is 4. The average Bonchev–Trinajstić information content (AvgIpc) is 3.83. The summed E-state index contributed by atoms with van der Waals surface area (Å²) in [5, 5.41) is 22.7. The maximum absolute atomic E-state index is 14.5. The summed E-state index contributed by atoms with van der Waals surface area (Å²) >= 11 is 0. The van der Waals surface area contributed by atoms with E-state index in [0.29, 0.717) is 32.2 Å². The zero-order chi connectivity index (χ0) is 36.7. The van der Waals surface area contributed by atoms with E-state index in [9.17, 15) is 32.7 Å². The van der Waals surface area contributed by atoms with Gasteiger partial charge in [-0.15, -0.1) is 0 Å². The lowest BCUT2D eigenvalue weighted by Crippen LogP contribution is -2.64. The Balaban J connectivity index is 1.54. The summed E-state index contributed by atoms with van der Waals surface area (Å²) in [7, 11) is -3.55. The van der Waals surface area contributed by atoms with Crippen LogP contribution >= 0.6 is 0 Å². The molecule has 13 heteroatoms. The van der Waals surface area contributed by atoms with Crippen LogP contribution in [0.3, 0.4) is 0 Å². The molecule has 1 saturated heterocycles. The first-order chi connectivity index (χ1) is 22.5. The maximum Gasteiger partial charge on any atom is 0.315 e. The van der Waals surface area contributed by atoms with Gasteiger partial charge in [0.2, 0.25) is 11.8 Å². The van der Waals surface area contributed by atoms with Crippen LogP contribution < -0.4 is 21.3 Å². The summed E-state index contributed by atoms with van der Waals surface area (Å²) in [5.41, 5.74) is -1.86. The van der Waals surface area contributed by atoms with Gasteiger partial charge in [0.25, 0.3) is 5.91 Å². The molecule has 4 rings (SSSR count). The Kier molecular flexibility index (Phi) is 11.5. The minimum absolute atomic E-state index is 0.0653. The van der Waals surface area contributed by atoms with E-state index in [1.807, 2.05) is 27.7 Å². The van der Waals surface area contributed by atoms with Gasteiger partial charge < -0.3 is 31.3 Å². The lowest BCUT2D eigenvalue weighted by Gasteiger charge is -2.41. The fourth-order valence-electron chi connectivity index (χ4n) is 7.85. The van der Waals surface area contributed by atoms with Crippen molar-refractivity contribution in [1.82, 2.24) is 26.2 Å². The van der Waals surface area contributed by atoms with Gasteiger partial charge in [0, 0.05) is 12.6 Å². The molecule has 1 unspecified atom stereocenters. The minimum Gasteiger partial charge on any atom is -0.381 e. The van der Waals surface area contributed by atoms with Crippen LogP contribution in [0.15, 0.2) is 0 Å². The molecule has 3 aliphatic carbocycles. The van der Waals surface area contributed by atoms with Crippen molar-refractivity contribution in [3.63, 3.8) is 0 Å². The number of carbonyl (C=O) groups is 4. The molecule has 280 valence electrons. The number of unbranched alkanes of at least 4 members (excludes halogenated alkanes) is 1. The topological polar surface area (TPSA) is 174 Å². The fourth-order valence-corrected chi connectivity index (χ4v) is 9.37. The number of hydrogen-bond acceptors (Lipinski definition) is 7. The lowest BCUT2D eigenvalue weighted by molar-refractivity contribution is -0.144. The van der Waals surface area contributed by atoms with Crippen LogP contribution in [-0.4, -0.2) is 95.0 Å². The number of amides is 5. The molecule has 12 nitrogen and oxygen atoms in total. The average molecular weight is 710 g/mol. The van der Waals surface area contributed by atoms with Crippen LogP contribution in [0.4, 0.5) is 4.79 Å². The molecule has 5 N–H and O–H groups in total. The summed E-state index contributed by atoms with van der Waals surface area (Å²) < 4.78 is 25.6. The second-order valence-corrected chi connectivity index (χ2v) is 20.7. The summed E-state index contributed by atoms with van der Waals surface area (Å²) in [6, 6.07) is -3.17. The number of likely N-dealkylation sites (tertiary alicyclic amines) is 1. The Bertz CT molecular complexity index is 1360. The van der Waals surface area contributed by atoms with Crippen molar-refractivity contribution in [2.75, 3.05) is 12.3 Å². The van der Waals surface area contributed by atoms with Crippen LogP contribution in [0.1, 0.15) is 127 Å². The monoisotopic (exact) mass is 709 g/mol. The Hall–Kier alpha value is -2.41. The van der Waals surface area contributed by atoms with Crippen molar-refractivity contribution in [3.05, 3.63) is 0 Å². The molecule has 4 aliphatic rings. The third kappa shape index (κ3) is 8.91. The number of fused-ring (bicyclic) bond motifs is 1. The maximum atomic E-state index is 14.5. The Labute approximate surface area is 294 Å². The van der Waals surface area contributed by atoms with E-state index in [1.165, 1.54) is 0 Å². The van der Waals surface area contributed by atoms with Gasteiger partial charge in [-0.2, -0.15) is 0 Å². The molecule has 4 fully saturated rings.